The third kappa shape index (κ3) is 0.888. The van der Waals surface area contributed by atoms with Gasteiger partial charge in [-0.15, -0.1) is 0 Å². The zero-order valence-corrected chi connectivity index (χ0v) is 5.74. The summed E-state index contributed by atoms with van der Waals surface area (Å²) in [5, 5.41) is 3.61. The lowest BCUT2D eigenvalue weighted by atomic mass is 10.7. The molecule has 1 aromatic rings. The maximum absolute atomic E-state index is 12.2. The van der Waals surface area contributed by atoms with Crippen LogP contribution in [-0.4, -0.2) is 9.78 Å². The van der Waals surface area contributed by atoms with Gasteiger partial charge in [-0.3, -0.25) is 0 Å². The molecule has 0 bridgehead atoms. The molecule has 0 aromatic carbocycles. The monoisotopic (exact) mass is 177 g/mol. The van der Waals surface area contributed by atoms with Crippen LogP contribution >= 0.6 is 15.9 Å². The maximum Gasteiger partial charge on any atom is 0.220 e. The van der Waals surface area contributed by atoms with Crippen LogP contribution in [0.25, 0.3) is 0 Å². The Bertz CT molecular complexity index is 176. The number of aryl methyl sites for hydroxylation is 1. The SMILES string of the molecule is Cn1nc(Br)[c]c1F. The Balaban J connectivity index is 3.14. The van der Waals surface area contributed by atoms with Gasteiger partial charge in [0.25, 0.3) is 0 Å². The van der Waals surface area contributed by atoms with Gasteiger partial charge in [-0.2, -0.15) is 9.49 Å². The van der Waals surface area contributed by atoms with E-state index in [1.807, 2.05) is 0 Å². The van der Waals surface area contributed by atoms with Crippen LogP contribution < -0.4 is 0 Å². The number of halogens is 2. The molecule has 0 saturated carbocycles. The van der Waals surface area contributed by atoms with Crippen molar-refractivity contribution < 1.29 is 4.39 Å². The molecule has 0 unspecified atom stereocenters. The van der Waals surface area contributed by atoms with Crippen molar-refractivity contribution in [2.45, 2.75) is 0 Å². The van der Waals surface area contributed by atoms with Gasteiger partial charge in [0.15, 0.2) is 0 Å². The molecule has 8 heavy (non-hydrogen) atoms. The van der Waals surface area contributed by atoms with E-state index >= 15 is 0 Å². The third-order valence-corrected chi connectivity index (χ3v) is 1.09. The van der Waals surface area contributed by atoms with E-state index in [0.717, 1.165) is 4.68 Å². The topological polar surface area (TPSA) is 17.8 Å². The summed E-state index contributed by atoms with van der Waals surface area (Å²) in [5.74, 6) is -0.461. The predicted molar refractivity (Wildman–Crippen MR) is 29.7 cm³/mol. The Morgan fingerprint density at radius 2 is 2.50 bits per heavy atom. The van der Waals surface area contributed by atoms with Gasteiger partial charge in [-0.05, 0) is 15.9 Å². The summed E-state index contributed by atoms with van der Waals surface area (Å²) in [4.78, 5) is 0. The zero-order valence-electron chi connectivity index (χ0n) is 4.15. The van der Waals surface area contributed by atoms with Gasteiger partial charge < -0.3 is 0 Å². The lowest BCUT2D eigenvalue weighted by molar-refractivity contribution is 0.502. The first-order chi connectivity index (χ1) is 3.70. The molecule has 0 saturated heterocycles. The Labute approximate surface area is 54.4 Å². The lowest BCUT2D eigenvalue weighted by Gasteiger charge is -1.83. The molecule has 43 valence electrons. The molecule has 2 nitrogen and oxygen atoms in total. The van der Waals surface area contributed by atoms with Gasteiger partial charge in [-0.1, -0.05) is 0 Å². The summed E-state index contributed by atoms with van der Waals surface area (Å²) in [6, 6.07) is 2.31. The van der Waals surface area contributed by atoms with Crippen LogP contribution in [0.3, 0.4) is 0 Å². The standard InChI is InChI=1S/C4H3BrFN2/c1-8-4(6)2-3(5)7-8/h1H3. The van der Waals surface area contributed by atoms with E-state index in [4.69, 9.17) is 0 Å². The van der Waals surface area contributed by atoms with Gasteiger partial charge in [0.05, 0.1) is 6.07 Å². The lowest BCUT2D eigenvalue weighted by Crippen LogP contribution is -1.92. The van der Waals surface area contributed by atoms with Crippen molar-refractivity contribution in [3.63, 3.8) is 0 Å². The highest BCUT2D eigenvalue weighted by molar-refractivity contribution is 9.10. The van der Waals surface area contributed by atoms with Crippen molar-refractivity contribution in [1.82, 2.24) is 9.78 Å². The molecule has 0 N–H and O–H groups in total. The van der Waals surface area contributed by atoms with Crippen molar-refractivity contribution in [2.75, 3.05) is 0 Å². The van der Waals surface area contributed by atoms with Gasteiger partial charge >= 0.3 is 0 Å². The quantitative estimate of drug-likeness (QED) is 0.582. The summed E-state index contributed by atoms with van der Waals surface area (Å²) in [6.07, 6.45) is 0. The Morgan fingerprint density at radius 3 is 2.62 bits per heavy atom. The van der Waals surface area contributed by atoms with Crippen LogP contribution in [-0.2, 0) is 7.05 Å². The molecule has 0 aliphatic heterocycles. The normalized spacial score (nSPS) is 9.88. The predicted octanol–water partition coefficient (Wildman–Crippen LogP) is 1.12. The second kappa shape index (κ2) is 1.85. The van der Waals surface area contributed by atoms with E-state index in [2.05, 4.69) is 27.1 Å². The van der Waals surface area contributed by atoms with Crippen LogP contribution in [0.15, 0.2) is 4.60 Å². The second-order valence-corrected chi connectivity index (χ2v) is 2.08. The van der Waals surface area contributed by atoms with E-state index in [1.165, 1.54) is 7.05 Å². The molecule has 0 atom stereocenters. The number of rotatable bonds is 0. The summed E-state index contributed by atoms with van der Waals surface area (Å²) in [5.41, 5.74) is 0. The minimum absolute atomic E-state index is 0.400. The van der Waals surface area contributed by atoms with Crippen molar-refractivity contribution in [3.05, 3.63) is 16.6 Å². The van der Waals surface area contributed by atoms with Crippen LogP contribution in [0.4, 0.5) is 4.39 Å². The zero-order chi connectivity index (χ0) is 6.15. The van der Waals surface area contributed by atoms with E-state index in [9.17, 15) is 4.39 Å². The van der Waals surface area contributed by atoms with Crippen LogP contribution in [0, 0.1) is 12.0 Å². The smallest absolute Gasteiger partial charge is 0.220 e. The first-order valence-electron chi connectivity index (χ1n) is 1.97. The van der Waals surface area contributed by atoms with E-state index < -0.39 is 5.95 Å². The molecule has 0 amide bonds. The minimum Gasteiger partial charge on any atom is -0.241 e. The highest BCUT2D eigenvalue weighted by Crippen LogP contribution is 2.05. The molecule has 1 aromatic heterocycles. The summed E-state index contributed by atoms with van der Waals surface area (Å²) in [6.45, 7) is 0. The largest absolute Gasteiger partial charge is 0.241 e. The highest BCUT2D eigenvalue weighted by atomic mass is 79.9. The molecule has 1 rings (SSSR count). The molecule has 4 heteroatoms. The fourth-order valence-electron chi connectivity index (χ4n) is 0.367. The Kier molecular flexibility index (Phi) is 1.33. The summed E-state index contributed by atoms with van der Waals surface area (Å²) < 4.78 is 13.7. The molecule has 0 aliphatic carbocycles. The molecule has 1 radical (unpaired) electrons. The molecule has 0 aliphatic rings. The molecular weight excluding hydrogens is 175 g/mol. The molecular formula is C4H3BrFN2. The minimum atomic E-state index is -0.461. The fraction of sp³-hybridized carbons (Fsp3) is 0.250. The van der Waals surface area contributed by atoms with E-state index in [0.29, 0.717) is 4.60 Å². The highest BCUT2D eigenvalue weighted by Gasteiger charge is 1.98. The summed E-state index contributed by atoms with van der Waals surface area (Å²) >= 11 is 2.96. The fourth-order valence-corrected chi connectivity index (χ4v) is 0.768. The van der Waals surface area contributed by atoms with Crippen molar-refractivity contribution >= 4 is 15.9 Å². The van der Waals surface area contributed by atoms with E-state index in [-0.39, 0.29) is 0 Å². The average molecular weight is 178 g/mol. The van der Waals surface area contributed by atoms with Gasteiger partial charge in [0.1, 0.15) is 4.60 Å². The Morgan fingerprint density at radius 1 is 1.88 bits per heavy atom. The third-order valence-electron chi connectivity index (χ3n) is 0.728. The molecule has 0 fully saturated rings. The first kappa shape index (κ1) is 5.75. The van der Waals surface area contributed by atoms with Crippen LogP contribution in [0.5, 0.6) is 0 Å². The van der Waals surface area contributed by atoms with Gasteiger partial charge in [0, 0.05) is 7.05 Å². The van der Waals surface area contributed by atoms with Crippen LogP contribution in [0.1, 0.15) is 0 Å². The second-order valence-electron chi connectivity index (χ2n) is 1.33. The number of aromatic nitrogens is 2. The Hall–Kier alpha value is -0.380. The number of nitrogens with zero attached hydrogens (tertiary/aromatic N) is 2. The van der Waals surface area contributed by atoms with Gasteiger partial charge in [0.2, 0.25) is 5.95 Å². The van der Waals surface area contributed by atoms with Crippen molar-refractivity contribution in [3.8, 4) is 0 Å². The number of hydrogen-bond donors (Lipinski definition) is 0. The first-order valence-corrected chi connectivity index (χ1v) is 2.77. The summed E-state index contributed by atoms with van der Waals surface area (Å²) in [7, 11) is 1.51. The van der Waals surface area contributed by atoms with Gasteiger partial charge in [-0.25, -0.2) is 4.68 Å². The van der Waals surface area contributed by atoms with Crippen molar-refractivity contribution in [1.29, 1.82) is 0 Å². The van der Waals surface area contributed by atoms with Crippen molar-refractivity contribution in [2.24, 2.45) is 7.05 Å². The average Bonchev–Trinajstić information content (AvgIpc) is 1.85. The van der Waals surface area contributed by atoms with E-state index in [1.54, 1.807) is 0 Å². The molecule has 0 spiro atoms. The maximum atomic E-state index is 12.2. The van der Waals surface area contributed by atoms with Crippen LogP contribution in [0.2, 0.25) is 0 Å². The molecule has 1 heterocycles. The number of hydrogen-bond acceptors (Lipinski definition) is 1.